The molecular weight excluding hydrogens is 258 g/mol. The van der Waals surface area contributed by atoms with Crippen LogP contribution in [0.3, 0.4) is 0 Å². The second kappa shape index (κ2) is 7.37. The highest BCUT2D eigenvalue weighted by Crippen LogP contribution is 2.18. The maximum absolute atomic E-state index is 11.9. The van der Waals surface area contributed by atoms with Gasteiger partial charge in [-0.1, -0.05) is 25.9 Å². The number of nitrogens with one attached hydrogen (secondary N) is 1. The maximum Gasteiger partial charge on any atom is 0.227 e. The van der Waals surface area contributed by atoms with Crippen molar-refractivity contribution in [1.82, 2.24) is 0 Å². The van der Waals surface area contributed by atoms with Gasteiger partial charge in [0.05, 0.1) is 0 Å². The molecule has 0 radical (unpaired) electrons. The van der Waals surface area contributed by atoms with E-state index in [2.05, 4.69) is 10.5 Å². The normalized spacial score (nSPS) is 13.1. The first kappa shape index (κ1) is 15.8. The van der Waals surface area contributed by atoms with Crippen LogP contribution in [0.1, 0.15) is 20.8 Å². The summed E-state index contributed by atoms with van der Waals surface area (Å²) in [6.45, 7) is 5.92. The van der Waals surface area contributed by atoms with Gasteiger partial charge in [0.25, 0.3) is 0 Å². The number of oxime groups is 1. The molecule has 1 unspecified atom stereocenters. The van der Waals surface area contributed by atoms with E-state index in [0.717, 1.165) is 0 Å². The summed E-state index contributed by atoms with van der Waals surface area (Å²) in [5.41, 5.74) is 6.00. The standard InChI is InChI=1S/C14H21N3O3/c1-9(2)10(3)14(18)16-11-4-6-12(7-5-11)20-8-13(15)17-19/h4-7,9-10,19H,8H2,1-3H3,(H2,15,17)(H,16,18). The van der Waals surface area contributed by atoms with Crippen LogP contribution in [0.5, 0.6) is 5.75 Å². The van der Waals surface area contributed by atoms with Crippen LogP contribution in [0, 0.1) is 11.8 Å². The van der Waals surface area contributed by atoms with Crippen LogP contribution in [0.25, 0.3) is 0 Å². The number of hydrogen-bond donors (Lipinski definition) is 3. The second-order valence-electron chi connectivity index (χ2n) is 4.93. The first-order chi connectivity index (χ1) is 9.43. The molecule has 6 nitrogen and oxygen atoms in total. The zero-order valence-electron chi connectivity index (χ0n) is 12.0. The topological polar surface area (TPSA) is 96.9 Å². The van der Waals surface area contributed by atoms with E-state index in [4.69, 9.17) is 15.7 Å². The Hall–Kier alpha value is -2.24. The number of nitrogens with zero attached hydrogens (tertiary/aromatic N) is 1. The molecule has 0 fully saturated rings. The molecule has 0 aliphatic rings. The molecule has 1 atom stereocenters. The summed E-state index contributed by atoms with van der Waals surface area (Å²) in [6.07, 6.45) is 0. The van der Waals surface area contributed by atoms with E-state index in [9.17, 15) is 4.79 Å². The Kier molecular flexibility index (Phi) is 5.83. The quantitative estimate of drug-likeness (QED) is 0.321. The highest BCUT2D eigenvalue weighted by molar-refractivity contribution is 5.92. The third-order valence-electron chi connectivity index (χ3n) is 3.05. The van der Waals surface area contributed by atoms with Crippen LogP contribution < -0.4 is 15.8 Å². The molecule has 20 heavy (non-hydrogen) atoms. The van der Waals surface area contributed by atoms with E-state index in [-0.39, 0.29) is 24.3 Å². The highest BCUT2D eigenvalue weighted by atomic mass is 16.5. The van der Waals surface area contributed by atoms with Gasteiger partial charge in [-0.15, -0.1) is 0 Å². The molecule has 0 spiro atoms. The van der Waals surface area contributed by atoms with Crippen LogP contribution in [-0.2, 0) is 4.79 Å². The molecule has 4 N–H and O–H groups in total. The van der Waals surface area contributed by atoms with Gasteiger partial charge in [-0.2, -0.15) is 0 Å². The van der Waals surface area contributed by atoms with Crippen LogP contribution in [0.4, 0.5) is 5.69 Å². The molecule has 110 valence electrons. The van der Waals surface area contributed by atoms with E-state index in [1.54, 1.807) is 24.3 Å². The predicted molar refractivity (Wildman–Crippen MR) is 78.0 cm³/mol. The monoisotopic (exact) mass is 279 g/mol. The van der Waals surface area contributed by atoms with Crippen molar-refractivity contribution >= 4 is 17.4 Å². The maximum atomic E-state index is 11.9. The van der Waals surface area contributed by atoms with Gasteiger partial charge in [0.1, 0.15) is 12.4 Å². The minimum atomic E-state index is -0.0495. The summed E-state index contributed by atoms with van der Waals surface area (Å²) >= 11 is 0. The average Bonchev–Trinajstić information content (AvgIpc) is 2.45. The SMILES string of the molecule is CC(C)C(C)C(=O)Nc1ccc(OCC(N)=NO)cc1. The van der Waals surface area contributed by atoms with Crippen molar-refractivity contribution in [3.05, 3.63) is 24.3 Å². The minimum Gasteiger partial charge on any atom is -0.486 e. The van der Waals surface area contributed by atoms with Crippen molar-refractivity contribution < 1.29 is 14.7 Å². The number of hydrogen-bond acceptors (Lipinski definition) is 4. The number of benzene rings is 1. The Balaban J connectivity index is 2.56. The average molecular weight is 279 g/mol. The Bertz CT molecular complexity index is 469. The summed E-state index contributed by atoms with van der Waals surface area (Å²) in [5.74, 6) is 0.801. The largest absolute Gasteiger partial charge is 0.486 e. The number of rotatable bonds is 6. The van der Waals surface area contributed by atoms with Crippen molar-refractivity contribution in [1.29, 1.82) is 0 Å². The van der Waals surface area contributed by atoms with Gasteiger partial charge < -0.3 is 21.0 Å². The molecule has 1 aromatic carbocycles. The summed E-state index contributed by atoms with van der Waals surface area (Å²) < 4.78 is 5.28. The number of carbonyl (C=O) groups is 1. The Morgan fingerprint density at radius 2 is 1.95 bits per heavy atom. The molecule has 0 aliphatic heterocycles. The number of nitrogens with two attached hydrogens (primary N) is 1. The van der Waals surface area contributed by atoms with E-state index in [0.29, 0.717) is 17.4 Å². The number of carbonyl (C=O) groups excluding carboxylic acids is 1. The number of ether oxygens (including phenoxy) is 1. The van der Waals surface area contributed by atoms with Gasteiger partial charge in [-0.25, -0.2) is 0 Å². The molecule has 0 aliphatic carbocycles. The number of anilines is 1. The molecule has 0 aromatic heterocycles. The predicted octanol–water partition coefficient (Wildman–Crippen LogP) is 2.04. The zero-order valence-corrected chi connectivity index (χ0v) is 12.0. The molecule has 6 heteroatoms. The Labute approximate surface area is 118 Å². The van der Waals surface area contributed by atoms with Crippen LogP contribution in [-0.4, -0.2) is 23.6 Å². The fraction of sp³-hybridized carbons (Fsp3) is 0.429. The smallest absolute Gasteiger partial charge is 0.227 e. The molecule has 0 saturated carbocycles. The molecule has 1 aromatic rings. The van der Waals surface area contributed by atoms with E-state index < -0.39 is 0 Å². The van der Waals surface area contributed by atoms with E-state index in [1.807, 2.05) is 20.8 Å². The third kappa shape index (κ3) is 4.79. The molecular formula is C14H21N3O3. The minimum absolute atomic E-state index is 0.00635. The molecule has 1 rings (SSSR count). The lowest BCUT2D eigenvalue weighted by Crippen LogP contribution is -2.24. The second-order valence-corrected chi connectivity index (χ2v) is 4.93. The molecule has 0 saturated heterocycles. The van der Waals surface area contributed by atoms with Crippen molar-refractivity contribution in [2.24, 2.45) is 22.7 Å². The van der Waals surface area contributed by atoms with Crippen LogP contribution in [0.15, 0.2) is 29.4 Å². The lowest BCUT2D eigenvalue weighted by molar-refractivity contribution is -0.120. The summed E-state index contributed by atoms with van der Waals surface area (Å²) in [4.78, 5) is 11.9. The highest BCUT2D eigenvalue weighted by Gasteiger charge is 2.16. The Morgan fingerprint density at radius 1 is 1.35 bits per heavy atom. The van der Waals surface area contributed by atoms with Crippen molar-refractivity contribution in [3.63, 3.8) is 0 Å². The Morgan fingerprint density at radius 3 is 2.45 bits per heavy atom. The van der Waals surface area contributed by atoms with Gasteiger partial charge in [0.15, 0.2) is 5.84 Å². The number of amidine groups is 1. The number of amides is 1. The molecule has 1 amide bonds. The summed E-state index contributed by atoms with van der Waals surface area (Å²) in [7, 11) is 0. The third-order valence-corrected chi connectivity index (χ3v) is 3.05. The van der Waals surface area contributed by atoms with Crippen molar-refractivity contribution in [2.45, 2.75) is 20.8 Å². The van der Waals surface area contributed by atoms with Gasteiger partial charge in [-0.3, -0.25) is 4.79 Å². The lowest BCUT2D eigenvalue weighted by atomic mass is 9.97. The zero-order chi connectivity index (χ0) is 15.1. The first-order valence-corrected chi connectivity index (χ1v) is 6.44. The van der Waals surface area contributed by atoms with Gasteiger partial charge >= 0.3 is 0 Å². The van der Waals surface area contributed by atoms with E-state index >= 15 is 0 Å². The van der Waals surface area contributed by atoms with Gasteiger partial charge in [-0.05, 0) is 30.2 Å². The van der Waals surface area contributed by atoms with Crippen LogP contribution >= 0.6 is 0 Å². The fourth-order valence-electron chi connectivity index (χ4n) is 1.38. The van der Waals surface area contributed by atoms with Crippen LogP contribution in [0.2, 0.25) is 0 Å². The van der Waals surface area contributed by atoms with E-state index in [1.165, 1.54) is 0 Å². The van der Waals surface area contributed by atoms with Gasteiger partial charge in [0, 0.05) is 11.6 Å². The first-order valence-electron chi connectivity index (χ1n) is 6.44. The fourth-order valence-corrected chi connectivity index (χ4v) is 1.38. The van der Waals surface area contributed by atoms with Gasteiger partial charge in [0.2, 0.25) is 5.91 Å². The van der Waals surface area contributed by atoms with Crippen molar-refractivity contribution in [2.75, 3.05) is 11.9 Å². The summed E-state index contributed by atoms with van der Waals surface area (Å²) in [5, 5.41) is 14.0. The van der Waals surface area contributed by atoms with Crippen molar-refractivity contribution in [3.8, 4) is 5.75 Å². The molecule has 0 heterocycles. The lowest BCUT2D eigenvalue weighted by Gasteiger charge is -2.15. The molecule has 0 bridgehead atoms. The summed E-state index contributed by atoms with van der Waals surface area (Å²) in [6, 6.07) is 6.90.